The quantitative estimate of drug-likeness (QED) is 0.621. The van der Waals surface area contributed by atoms with E-state index in [-0.39, 0.29) is 28.5 Å². The van der Waals surface area contributed by atoms with Gasteiger partial charge in [-0.25, -0.2) is 9.07 Å². The third-order valence-corrected chi connectivity index (χ3v) is 4.42. The molecule has 0 saturated carbocycles. The molecule has 5 nitrogen and oxygen atoms in total. The summed E-state index contributed by atoms with van der Waals surface area (Å²) in [6.45, 7) is 6.10. The van der Waals surface area contributed by atoms with Crippen molar-refractivity contribution in [3.8, 4) is 5.69 Å². The van der Waals surface area contributed by atoms with Gasteiger partial charge in [0.15, 0.2) is 0 Å². The zero-order chi connectivity index (χ0) is 20.3. The largest absolute Gasteiger partial charge is 0.374 e. The van der Waals surface area contributed by atoms with Crippen LogP contribution in [-0.4, -0.2) is 21.8 Å². The highest BCUT2D eigenvalue weighted by Gasteiger charge is 2.21. The normalized spacial score (nSPS) is 11.1. The Labute approximate surface area is 168 Å². The number of carbonyl (C=O) groups excluding carboxylic acids is 1. The number of ether oxygens (including phenoxy) is 1. The van der Waals surface area contributed by atoms with E-state index in [0.29, 0.717) is 23.7 Å². The van der Waals surface area contributed by atoms with Gasteiger partial charge in [0.05, 0.1) is 24.1 Å². The standard InChI is InChI=1S/C21H21ClFN3O2/c1-13(2)28-12-15-5-4-6-17(11-15)24-21(27)19-14(3)25-26(20(19)22)18-9-7-16(23)8-10-18/h4-11,13H,12H2,1-3H3,(H,24,27). The number of benzene rings is 2. The van der Waals surface area contributed by atoms with Crippen molar-refractivity contribution in [2.75, 3.05) is 5.32 Å². The first-order chi connectivity index (χ1) is 13.3. The number of hydrogen-bond acceptors (Lipinski definition) is 3. The minimum Gasteiger partial charge on any atom is -0.374 e. The predicted octanol–water partition coefficient (Wildman–Crippen LogP) is 5.15. The summed E-state index contributed by atoms with van der Waals surface area (Å²) in [7, 11) is 0. The van der Waals surface area contributed by atoms with Crippen molar-refractivity contribution in [1.29, 1.82) is 0 Å². The van der Waals surface area contributed by atoms with Crippen molar-refractivity contribution in [2.24, 2.45) is 0 Å². The van der Waals surface area contributed by atoms with Crippen LogP contribution in [0.4, 0.5) is 10.1 Å². The van der Waals surface area contributed by atoms with Crippen molar-refractivity contribution in [3.05, 3.63) is 76.3 Å². The van der Waals surface area contributed by atoms with E-state index >= 15 is 0 Å². The molecule has 28 heavy (non-hydrogen) atoms. The lowest BCUT2D eigenvalue weighted by atomic mass is 10.2. The van der Waals surface area contributed by atoms with Crippen LogP contribution >= 0.6 is 11.6 Å². The first-order valence-corrected chi connectivity index (χ1v) is 9.26. The zero-order valence-electron chi connectivity index (χ0n) is 15.9. The number of amides is 1. The highest BCUT2D eigenvalue weighted by Crippen LogP contribution is 2.25. The van der Waals surface area contributed by atoms with Gasteiger partial charge in [-0.15, -0.1) is 0 Å². The van der Waals surface area contributed by atoms with Crippen LogP contribution in [0.2, 0.25) is 5.15 Å². The number of carbonyl (C=O) groups is 1. The molecule has 1 aromatic heterocycles. The maximum Gasteiger partial charge on any atom is 0.260 e. The molecule has 0 unspecified atom stereocenters. The van der Waals surface area contributed by atoms with Crippen LogP contribution in [0.5, 0.6) is 0 Å². The lowest BCUT2D eigenvalue weighted by Gasteiger charge is -2.10. The molecular formula is C21H21ClFN3O2. The van der Waals surface area contributed by atoms with Gasteiger partial charge >= 0.3 is 0 Å². The second-order valence-electron chi connectivity index (χ2n) is 6.65. The summed E-state index contributed by atoms with van der Waals surface area (Å²) in [6, 6.07) is 13.2. The van der Waals surface area contributed by atoms with Crippen LogP contribution in [0.1, 0.15) is 35.5 Å². The number of aromatic nitrogens is 2. The van der Waals surface area contributed by atoms with Crippen molar-refractivity contribution in [2.45, 2.75) is 33.5 Å². The van der Waals surface area contributed by atoms with Gasteiger partial charge < -0.3 is 10.1 Å². The molecule has 0 aliphatic rings. The molecular weight excluding hydrogens is 381 g/mol. The van der Waals surface area contributed by atoms with Crippen molar-refractivity contribution in [3.63, 3.8) is 0 Å². The smallest absolute Gasteiger partial charge is 0.260 e. The van der Waals surface area contributed by atoms with Crippen LogP contribution in [0.25, 0.3) is 5.69 Å². The molecule has 3 aromatic rings. The molecule has 0 aliphatic carbocycles. The van der Waals surface area contributed by atoms with E-state index in [9.17, 15) is 9.18 Å². The molecule has 146 valence electrons. The summed E-state index contributed by atoms with van der Waals surface area (Å²) in [5.74, 6) is -0.721. The minimum atomic E-state index is -0.363. The van der Waals surface area contributed by atoms with Gasteiger partial charge in [-0.1, -0.05) is 23.7 Å². The van der Waals surface area contributed by atoms with E-state index in [1.54, 1.807) is 25.1 Å². The number of halogens is 2. The van der Waals surface area contributed by atoms with Crippen molar-refractivity contribution in [1.82, 2.24) is 9.78 Å². The van der Waals surface area contributed by atoms with Crippen LogP contribution in [0.15, 0.2) is 48.5 Å². The lowest BCUT2D eigenvalue weighted by molar-refractivity contribution is 0.0657. The van der Waals surface area contributed by atoms with E-state index in [1.165, 1.54) is 16.8 Å². The maximum absolute atomic E-state index is 13.2. The highest BCUT2D eigenvalue weighted by atomic mass is 35.5. The Hall–Kier alpha value is -2.70. The Balaban J connectivity index is 1.82. The molecule has 2 aromatic carbocycles. The summed E-state index contributed by atoms with van der Waals surface area (Å²) >= 11 is 6.41. The van der Waals surface area contributed by atoms with Crippen LogP contribution in [-0.2, 0) is 11.3 Å². The summed E-state index contributed by atoms with van der Waals surface area (Å²) in [4.78, 5) is 12.8. The average molecular weight is 402 g/mol. The first-order valence-electron chi connectivity index (χ1n) is 8.88. The van der Waals surface area contributed by atoms with E-state index < -0.39 is 0 Å². The Morgan fingerprint density at radius 3 is 2.64 bits per heavy atom. The number of nitrogens with one attached hydrogen (secondary N) is 1. The number of hydrogen-bond donors (Lipinski definition) is 1. The topological polar surface area (TPSA) is 56.2 Å². The van der Waals surface area contributed by atoms with E-state index in [1.807, 2.05) is 32.0 Å². The molecule has 7 heteroatoms. The fourth-order valence-electron chi connectivity index (χ4n) is 2.71. The van der Waals surface area contributed by atoms with Gasteiger partial charge in [0.2, 0.25) is 0 Å². The van der Waals surface area contributed by atoms with Gasteiger partial charge in [0.1, 0.15) is 16.5 Å². The Morgan fingerprint density at radius 1 is 1.25 bits per heavy atom. The van der Waals surface area contributed by atoms with E-state index in [0.717, 1.165) is 5.56 Å². The Morgan fingerprint density at radius 2 is 1.96 bits per heavy atom. The van der Waals surface area contributed by atoms with Crippen LogP contribution in [0, 0.1) is 12.7 Å². The SMILES string of the molecule is Cc1nn(-c2ccc(F)cc2)c(Cl)c1C(=O)Nc1cccc(COC(C)C)c1. The van der Waals surface area contributed by atoms with Crippen molar-refractivity contribution >= 4 is 23.2 Å². The second-order valence-corrected chi connectivity index (χ2v) is 7.01. The zero-order valence-corrected chi connectivity index (χ0v) is 16.6. The molecule has 1 amide bonds. The molecule has 0 bridgehead atoms. The summed E-state index contributed by atoms with van der Waals surface area (Å²) in [5.41, 5.74) is 2.92. The summed E-state index contributed by atoms with van der Waals surface area (Å²) in [5, 5.41) is 7.34. The Bertz CT molecular complexity index is 984. The molecule has 0 spiro atoms. The monoisotopic (exact) mass is 401 g/mol. The number of rotatable bonds is 6. The lowest BCUT2D eigenvalue weighted by Crippen LogP contribution is -2.13. The average Bonchev–Trinajstić information content (AvgIpc) is 2.95. The minimum absolute atomic E-state index is 0.122. The number of anilines is 1. The molecule has 0 fully saturated rings. The molecule has 3 rings (SSSR count). The van der Waals surface area contributed by atoms with Gasteiger partial charge in [0, 0.05) is 5.69 Å². The number of aryl methyl sites for hydroxylation is 1. The molecule has 0 radical (unpaired) electrons. The molecule has 0 aliphatic heterocycles. The highest BCUT2D eigenvalue weighted by molar-refractivity contribution is 6.34. The fourth-order valence-corrected chi connectivity index (χ4v) is 3.06. The summed E-state index contributed by atoms with van der Waals surface area (Å²) < 4.78 is 20.2. The predicted molar refractivity (Wildman–Crippen MR) is 108 cm³/mol. The van der Waals surface area contributed by atoms with Crippen molar-refractivity contribution < 1.29 is 13.9 Å². The maximum atomic E-state index is 13.2. The molecule has 0 atom stereocenters. The number of nitrogens with zero attached hydrogens (tertiary/aromatic N) is 2. The summed E-state index contributed by atoms with van der Waals surface area (Å²) in [6.07, 6.45) is 0.122. The van der Waals surface area contributed by atoms with Crippen LogP contribution < -0.4 is 5.32 Å². The van der Waals surface area contributed by atoms with E-state index in [2.05, 4.69) is 10.4 Å². The molecule has 1 N–H and O–H groups in total. The third kappa shape index (κ3) is 4.58. The van der Waals surface area contributed by atoms with Crippen LogP contribution in [0.3, 0.4) is 0 Å². The fraction of sp³-hybridized carbons (Fsp3) is 0.238. The van der Waals surface area contributed by atoms with Gasteiger partial charge in [-0.2, -0.15) is 5.10 Å². The van der Waals surface area contributed by atoms with Gasteiger partial charge in [-0.3, -0.25) is 4.79 Å². The second kappa shape index (κ2) is 8.54. The third-order valence-electron chi connectivity index (χ3n) is 4.07. The molecule has 0 saturated heterocycles. The van der Waals surface area contributed by atoms with Gasteiger partial charge in [-0.05, 0) is 62.7 Å². The van der Waals surface area contributed by atoms with Gasteiger partial charge in [0.25, 0.3) is 5.91 Å². The first kappa shape index (κ1) is 20.0. The molecule has 1 heterocycles. The van der Waals surface area contributed by atoms with E-state index in [4.69, 9.17) is 16.3 Å². The Kier molecular flexibility index (Phi) is 6.11.